The number of nitrogens with one attached hydrogen (secondary N) is 4. The molecule has 2 heterocycles. The zero-order valence-electron chi connectivity index (χ0n) is 34.1. The number of nitrogens with zero attached hydrogens (tertiary/aromatic N) is 3. The van der Waals surface area contributed by atoms with Crippen LogP contribution >= 0.6 is 12.6 Å². The number of likely N-dealkylation sites (tertiary alicyclic amines) is 1. The van der Waals surface area contributed by atoms with Crippen LogP contribution in [0.25, 0.3) is 10.8 Å². The smallest absolute Gasteiger partial charge is 0.318 e. The summed E-state index contributed by atoms with van der Waals surface area (Å²) in [6, 6.07) is 22.9. The molecule has 2 fully saturated rings. The maximum atomic E-state index is 14.7. The minimum atomic E-state index is -0.785. The van der Waals surface area contributed by atoms with E-state index in [-0.39, 0.29) is 40.8 Å². The first-order chi connectivity index (χ1) is 28.0. The fraction of sp³-hybridized carbons (Fsp3) is 0.489. The molecule has 3 aromatic carbocycles. The van der Waals surface area contributed by atoms with Crippen molar-refractivity contribution in [1.82, 2.24) is 36.0 Å². The molecule has 2 aliphatic rings. The maximum absolute atomic E-state index is 14.7. The van der Waals surface area contributed by atoms with E-state index in [1.165, 1.54) is 12.5 Å². The molecule has 58 heavy (non-hydrogen) atoms. The van der Waals surface area contributed by atoms with E-state index >= 15 is 0 Å². The Morgan fingerprint density at radius 1 is 0.776 bits per heavy atom. The second kappa shape index (κ2) is 21.6. The Labute approximate surface area is 348 Å². The van der Waals surface area contributed by atoms with Crippen LogP contribution in [-0.2, 0) is 32.0 Å². The molecule has 2 unspecified atom stereocenters. The standard InChI is InChI=1S/C45H61N7O5S/c1-4-46-33(2)45(30-35-14-7-5-8-15-35)21-13-23-52(32-45)43(56)39(29-36-19-20-37-16-10-11-17-38(37)28-36)49-44(57)51-26-24-50(25-27-51)41(54)18-9-6-12-22-47-42(55)40(31-58)48-34(3)53/h5,7-8,10-11,14-17,19-20,28,39-40,46,58H,2,4,6,9,12-13,18,21-27,29-32H2,1,3H3,(H,47,55)(H,48,53)(H,49,57)/t39?,40?,45-/m0/s1. The third-order valence-corrected chi connectivity index (χ3v) is 11.7. The molecule has 12 nitrogen and oxygen atoms in total. The molecule has 2 aliphatic heterocycles. The number of hydrogen-bond acceptors (Lipinski definition) is 7. The van der Waals surface area contributed by atoms with Gasteiger partial charge in [0.05, 0.1) is 0 Å². The average molecular weight is 812 g/mol. The van der Waals surface area contributed by atoms with Crippen LogP contribution in [0.3, 0.4) is 0 Å². The number of hydrogen-bond donors (Lipinski definition) is 5. The summed E-state index contributed by atoms with van der Waals surface area (Å²) in [5, 5.41) is 14.2. The summed E-state index contributed by atoms with van der Waals surface area (Å²) in [5.41, 5.74) is 2.74. The minimum Gasteiger partial charge on any atom is -0.389 e. The van der Waals surface area contributed by atoms with E-state index in [1.807, 2.05) is 41.3 Å². The maximum Gasteiger partial charge on any atom is 0.318 e. The molecule has 0 saturated carbocycles. The minimum absolute atomic E-state index is 0.0393. The van der Waals surface area contributed by atoms with E-state index in [1.54, 1.807) is 9.80 Å². The Morgan fingerprint density at radius 3 is 2.19 bits per heavy atom. The molecule has 0 radical (unpaired) electrons. The Hall–Kier alpha value is -5.04. The fourth-order valence-corrected chi connectivity index (χ4v) is 8.39. The number of unbranched alkanes of at least 4 members (excludes halogenated alkanes) is 2. The van der Waals surface area contributed by atoms with Crippen molar-refractivity contribution in [2.24, 2.45) is 5.41 Å². The van der Waals surface area contributed by atoms with Crippen LogP contribution in [0.4, 0.5) is 4.79 Å². The molecule has 3 atom stereocenters. The molecule has 2 saturated heterocycles. The highest BCUT2D eigenvalue weighted by molar-refractivity contribution is 7.80. The molecule has 13 heteroatoms. The summed E-state index contributed by atoms with van der Waals surface area (Å²) >= 11 is 4.13. The first-order valence-corrected chi connectivity index (χ1v) is 21.4. The van der Waals surface area contributed by atoms with Crippen molar-refractivity contribution >= 4 is 53.1 Å². The fourth-order valence-electron chi connectivity index (χ4n) is 8.14. The van der Waals surface area contributed by atoms with E-state index in [4.69, 9.17) is 0 Å². The number of fused-ring (bicyclic) bond motifs is 1. The van der Waals surface area contributed by atoms with Crippen molar-refractivity contribution in [1.29, 1.82) is 0 Å². The molecule has 312 valence electrons. The first kappa shape index (κ1) is 44.1. The van der Waals surface area contributed by atoms with Crippen LogP contribution in [0.15, 0.2) is 85.1 Å². The van der Waals surface area contributed by atoms with Gasteiger partial charge in [0.25, 0.3) is 0 Å². The van der Waals surface area contributed by atoms with E-state index in [0.29, 0.717) is 71.5 Å². The number of amides is 6. The van der Waals surface area contributed by atoms with Gasteiger partial charge >= 0.3 is 6.03 Å². The van der Waals surface area contributed by atoms with Gasteiger partial charge in [0.15, 0.2) is 0 Å². The van der Waals surface area contributed by atoms with Gasteiger partial charge in [0.2, 0.25) is 23.6 Å². The number of carbonyl (C=O) groups excluding carboxylic acids is 5. The van der Waals surface area contributed by atoms with Gasteiger partial charge in [-0.15, -0.1) is 0 Å². The van der Waals surface area contributed by atoms with Crippen molar-refractivity contribution in [3.05, 3.63) is 96.2 Å². The average Bonchev–Trinajstić information content (AvgIpc) is 3.23. The third kappa shape index (κ3) is 12.2. The Bertz CT molecular complexity index is 1890. The third-order valence-electron chi connectivity index (χ3n) is 11.3. The normalized spacial score (nSPS) is 17.9. The number of piperidine rings is 1. The van der Waals surface area contributed by atoms with Gasteiger partial charge in [-0.1, -0.05) is 85.8 Å². The largest absolute Gasteiger partial charge is 0.389 e. The molecule has 0 bridgehead atoms. The van der Waals surface area contributed by atoms with Gasteiger partial charge < -0.3 is 36.0 Å². The molecule has 0 aliphatic carbocycles. The van der Waals surface area contributed by atoms with E-state index in [9.17, 15) is 24.0 Å². The zero-order chi connectivity index (χ0) is 41.5. The number of thiol groups is 1. The van der Waals surface area contributed by atoms with Gasteiger partial charge in [-0.25, -0.2) is 4.79 Å². The van der Waals surface area contributed by atoms with Crippen LogP contribution in [-0.4, -0.2) is 115 Å². The Balaban J connectivity index is 1.19. The summed E-state index contributed by atoms with van der Waals surface area (Å²) in [5.74, 6) is -0.414. The highest BCUT2D eigenvalue weighted by atomic mass is 32.1. The van der Waals surface area contributed by atoms with Crippen molar-refractivity contribution in [2.75, 3.05) is 58.1 Å². The van der Waals surface area contributed by atoms with Crippen LogP contribution < -0.4 is 21.3 Å². The van der Waals surface area contributed by atoms with Crippen molar-refractivity contribution in [3.8, 4) is 0 Å². The lowest BCUT2D eigenvalue weighted by molar-refractivity contribution is -0.136. The molecule has 3 aromatic rings. The topological polar surface area (TPSA) is 143 Å². The van der Waals surface area contributed by atoms with Crippen molar-refractivity contribution < 1.29 is 24.0 Å². The lowest BCUT2D eigenvalue weighted by atomic mass is 9.72. The summed E-state index contributed by atoms with van der Waals surface area (Å²) in [7, 11) is 0. The predicted molar refractivity (Wildman–Crippen MR) is 232 cm³/mol. The predicted octanol–water partition coefficient (Wildman–Crippen LogP) is 4.69. The molecule has 0 aromatic heterocycles. The summed E-state index contributed by atoms with van der Waals surface area (Å²) in [4.78, 5) is 70.6. The highest BCUT2D eigenvalue weighted by Crippen LogP contribution is 2.39. The Morgan fingerprint density at radius 2 is 1.48 bits per heavy atom. The second-order valence-corrected chi connectivity index (χ2v) is 16.0. The molecular weight excluding hydrogens is 751 g/mol. The highest BCUT2D eigenvalue weighted by Gasteiger charge is 2.41. The van der Waals surface area contributed by atoms with Gasteiger partial charge in [-0.3, -0.25) is 19.2 Å². The second-order valence-electron chi connectivity index (χ2n) is 15.6. The van der Waals surface area contributed by atoms with E-state index in [0.717, 1.165) is 54.3 Å². The number of piperazine rings is 1. The van der Waals surface area contributed by atoms with Crippen LogP contribution in [0.2, 0.25) is 0 Å². The summed E-state index contributed by atoms with van der Waals surface area (Å²) in [6.45, 7) is 11.8. The molecular formula is C45H61N7O5S. The number of urea groups is 1. The molecule has 4 N–H and O–H groups in total. The number of carbonyl (C=O) groups is 5. The first-order valence-electron chi connectivity index (χ1n) is 20.7. The van der Waals surface area contributed by atoms with E-state index < -0.39 is 12.1 Å². The van der Waals surface area contributed by atoms with Crippen LogP contribution in [0.1, 0.15) is 63.5 Å². The molecule has 5 rings (SSSR count). The van der Waals surface area contributed by atoms with E-state index in [2.05, 4.69) is 83.8 Å². The van der Waals surface area contributed by atoms with Crippen molar-refractivity contribution in [3.63, 3.8) is 0 Å². The van der Waals surface area contributed by atoms with Crippen LogP contribution in [0, 0.1) is 5.41 Å². The van der Waals surface area contributed by atoms with Crippen molar-refractivity contribution in [2.45, 2.75) is 77.3 Å². The summed E-state index contributed by atoms with van der Waals surface area (Å²) < 4.78 is 0. The Kier molecular flexibility index (Phi) is 16.4. The molecule has 0 spiro atoms. The monoisotopic (exact) mass is 811 g/mol. The van der Waals surface area contributed by atoms with Gasteiger partial charge in [-0.05, 0) is 60.9 Å². The van der Waals surface area contributed by atoms with Gasteiger partial charge in [-0.2, -0.15) is 12.6 Å². The number of rotatable bonds is 18. The van der Waals surface area contributed by atoms with Crippen LogP contribution in [0.5, 0.6) is 0 Å². The SMILES string of the molecule is C=C(NCC)[C@]1(Cc2ccccc2)CCCN(C(=O)C(Cc2ccc3ccccc3c2)NC(=O)N2CCN(C(=O)CCCCCNC(=O)C(CS)NC(C)=O)CC2)C1. The van der Waals surface area contributed by atoms with Gasteiger partial charge in [0.1, 0.15) is 12.1 Å². The zero-order valence-corrected chi connectivity index (χ0v) is 35.0. The lowest BCUT2D eigenvalue weighted by Gasteiger charge is -2.45. The number of benzene rings is 3. The quantitative estimate of drug-likeness (QED) is 0.0933. The summed E-state index contributed by atoms with van der Waals surface area (Å²) in [6.07, 6.45) is 5.36. The van der Waals surface area contributed by atoms with Gasteiger partial charge in [0, 0.05) is 89.0 Å². The molecule has 6 amide bonds. The lowest BCUT2D eigenvalue weighted by Crippen LogP contribution is -2.59.